The summed E-state index contributed by atoms with van der Waals surface area (Å²) in [6, 6.07) is 0. The molecule has 0 aromatic carbocycles. The van der Waals surface area contributed by atoms with Gasteiger partial charge in [-0.1, -0.05) is 37.8 Å². The molecule has 0 radical (unpaired) electrons. The number of fused-ring (bicyclic) bond motifs is 1. The van der Waals surface area contributed by atoms with E-state index in [0.717, 1.165) is 18.1 Å². The van der Waals surface area contributed by atoms with Crippen LogP contribution in [0.5, 0.6) is 0 Å². The Labute approximate surface area is 113 Å². The molecule has 1 heteroatoms. The summed E-state index contributed by atoms with van der Waals surface area (Å²) in [5, 5.41) is 8.47. The van der Waals surface area contributed by atoms with Crippen LogP contribution in [0.2, 0.25) is 0 Å². The third-order valence-corrected chi connectivity index (χ3v) is 6.03. The van der Waals surface area contributed by atoms with Crippen molar-refractivity contribution in [2.75, 3.05) is 0 Å². The third kappa shape index (κ3) is 2.17. The normalized spacial score (nSPS) is 40.3. The Balaban J connectivity index is 2.29. The van der Waals surface area contributed by atoms with Gasteiger partial charge in [0.15, 0.2) is 0 Å². The van der Waals surface area contributed by atoms with Crippen LogP contribution in [0.15, 0.2) is 11.1 Å². The first-order chi connectivity index (χ1) is 8.36. The van der Waals surface area contributed by atoms with Crippen molar-refractivity contribution in [1.82, 2.24) is 0 Å². The number of nitrogens with one attached hydrogen (secondary N) is 1. The number of rotatable bonds is 1. The second-order valence-corrected chi connectivity index (χ2v) is 7.20. The van der Waals surface area contributed by atoms with Gasteiger partial charge in [-0.05, 0) is 57.3 Å². The van der Waals surface area contributed by atoms with Gasteiger partial charge in [-0.15, -0.1) is 0 Å². The fraction of sp³-hybridized carbons (Fsp3) is 0.824. The van der Waals surface area contributed by atoms with E-state index in [1.165, 1.54) is 36.8 Å². The summed E-state index contributed by atoms with van der Waals surface area (Å²) >= 11 is 0. The maximum atomic E-state index is 8.47. The smallest absolute Gasteiger partial charge is 0.0132 e. The van der Waals surface area contributed by atoms with Gasteiger partial charge in [0.05, 0.1) is 0 Å². The Hall–Kier alpha value is -0.590. The predicted molar refractivity (Wildman–Crippen MR) is 79.1 cm³/mol. The molecule has 1 nitrogen and oxygen atoms in total. The fourth-order valence-electron chi connectivity index (χ4n) is 4.27. The standard InChI is InChI=1S/C17H29N/c1-11(2)13(4)14-9-16(18)15-8-6-7-12(3)17(15,5)10-14/h12,14-15,18H,6-10H2,1-5H3. The highest BCUT2D eigenvalue weighted by molar-refractivity contribution is 5.86. The van der Waals surface area contributed by atoms with Crippen LogP contribution >= 0.6 is 0 Å². The van der Waals surface area contributed by atoms with Crippen molar-refractivity contribution in [2.45, 2.75) is 66.7 Å². The first-order valence-electron chi connectivity index (χ1n) is 7.57. The molecule has 2 saturated carbocycles. The Morgan fingerprint density at radius 3 is 2.50 bits per heavy atom. The van der Waals surface area contributed by atoms with Crippen LogP contribution in [0, 0.1) is 28.6 Å². The van der Waals surface area contributed by atoms with Crippen molar-refractivity contribution < 1.29 is 0 Å². The van der Waals surface area contributed by atoms with Gasteiger partial charge in [-0.25, -0.2) is 0 Å². The molecule has 0 aliphatic heterocycles. The minimum Gasteiger partial charge on any atom is -0.309 e. The summed E-state index contributed by atoms with van der Waals surface area (Å²) in [7, 11) is 0. The lowest BCUT2D eigenvalue weighted by Gasteiger charge is -2.52. The molecule has 18 heavy (non-hydrogen) atoms. The zero-order valence-electron chi connectivity index (χ0n) is 12.8. The van der Waals surface area contributed by atoms with Gasteiger partial charge < -0.3 is 5.41 Å². The van der Waals surface area contributed by atoms with Crippen molar-refractivity contribution in [1.29, 1.82) is 5.41 Å². The summed E-state index contributed by atoms with van der Waals surface area (Å²) in [4.78, 5) is 0. The van der Waals surface area contributed by atoms with Crippen molar-refractivity contribution in [2.24, 2.45) is 23.2 Å². The van der Waals surface area contributed by atoms with Crippen molar-refractivity contribution >= 4 is 5.71 Å². The van der Waals surface area contributed by atoms with Crippen LogP contribution in [-0.4, -0.2) is 5.71 Å². The number of hydrogen-bond donors (Lipinski definition) is 1. The topological polar surface area (TPSA) is 23.9 Å². The molecule has 2 aliphatic rings. The number of hydrogen-bond acceptors (Lipinski definition) is 1. The average Bonchev–Trinajstić information content (AvgIpc) is 2.30. The highest BCUT2D eigenvalue weighted by Gasteiger charge is 2.48. The second-order valence-electron chi connectivity index (χ2n) is 7.20. The summed E-state index contributed by atoms with van der Waals surface area (Å²) < 4.78 is 0. The van der Waals surface area contributed by atoms with Crippen LogP contribution < -0.4 is 0 Å². The summed E-state index contributed by atoms with van der Waals surface area (Å²) in [5.74, 6) is 1.98. The van der Waals surface area contributed by atoms with E-state index in [2.05, 4.69) is 34.6 Å². The lowest BCUT2D eigenvalue weighted by Crippen LogP contribution is -2.47. The summed E-state index contributed by atoms with van der Waals surface area (Å²) in [5.41, 5.74) is 4.42. The molecule has 0 aromatic rings. The molecular formula is C17H29N. The molecule has 2 rings (SSSR count). The molecule has 102 valence electrons. The van der Waals surface area contributed by atoms with E-state index in [1.807, 2.05) is 0 Å². The molecule has 4 unspecified atom stereocenters. The van der Waals surface area contributed by atoms with E-state index in [9.17, 15) is 0 Å². The van der Waals surface area contributed by atoms with Crippen LogP contribution in [0.4, 0.5) is 0 Å². The van der Waals surface area contributed by atoms with E-state index in [0.29, 0.717) is 17.3 Å². The number of allylic oxidation sites excluding steroid dienone is 2. The lowest BCUT2D eigenvalue weighted by molar-refractivity contribution is 0.0505. The van der Waals surface area contributed by atoms with Gasteiger partial charge in [0, 0.05) is 11.6 Å². The van der Waals surface area contributed by atoms with Crippen LogP contribution in [0.3, 0.4) is 0 Å². The van der Waals surface area contributed by atoms with E-state index in [1.54, 1.807) is 0 Å². The first kappa shape index (κ1) is 13.8. The Bertz CT molecular complexity index is 375. The minimum absolute atomic E-state index is 0.384. The van der Waals surface area contributed by atoms with Gasteiger partial charge in [0.2, 0.25) is 0 Å². The highest BCUT2D eigenvalue weighted by atomic mass is 14.6. The Morgan fingerprint density at radius 1 is 1.22 bits per heavy atom. The zero-order valence-corrected chi connectivity index (χ0v) is 12.8. The van der Waals surface area contributed by atoms with Crippen LogP contribution in [0.1, 0.15) is 66.7 Å². The molecule has 2 aliphatic carbocycles. The van der Waals surface area contributed by atoms with Crippen molar-refractivity contribution in [3.8, 4) is 0 Å². The molecule has 1 N–H and O–H groups in total. The van der Waals surface area contributed by atoms with Crippen LogP contribution in [0.25, 0.3) is 0 Å². The average molecular weight is 247 g/mol. The van der Waals surface area contributed by atoms with E-state index in [-0.39, 0.29) is 0 Å². The molecule has 0 bridgehead atoms. The van der Waals surface area contributed by atoms with Crippen molar-refractivity contribution in [3.63, 3.8) is 0 Å². The van der Waals surface area contributed by atoms with Gasteiger partial charge in [-0.2, -0.15) is 0 Å². The van der Waals surface area contributed by atoms with Gasteiger partial charge in [0.1, 0.15) is 0 Å². The molecule has 4 atom stereocenters. The fourth-order valence-corrected chi connectivity index (χ4v) is 4.27. The SMILES string of the molecule is CC(C)=C(C)C1CC(=N)C2CCCC(C)C2(C)C1. The summed E-state index contributed by atoms with van der Waals surface area (Å²) in [6.45, 7) is 11.6. The largest absolute Gasteiger partial charge is 0.309 e. The van der Waals surface area contributed by atoms with E-state index < -0.39 is 0 Å². The summed E-state index contributed by atoms with van der Waals surface area (Å²) in [6.07, 6.45) is 6.28. The molecule has 2 fully saturated rings. The zero-order chi connectivity index (χ0) is 13.5. The molecule has 0 saturated heterocycles. The van der Waals surface area contributed by atoms with E-state index >= 15 is 0 Å². The van der Waals surface area contributed by atoms with Crippen LogP contribution in [-0.2, 0) is 0 Å². The highest BCUT2D eigenvalue weighted by Crippen LogP contribution is 2.54. The van der Waals surface area contributed by atoms with Crippen molar-refractivity contribution in [3.05, 3.63) is 11.1 Å². The Kier molecular flexibility index (Phi) is 3.71. The maximum absolute atomic E-state index is 8.47. The predicted octanol–water partition coefficient (Wildman–Crippen LogP) is 5.21. The van der Waals surface area contributed by atoms with Gasteiger partial charge in [-0.3, -0.25) is 0 Å². The quantitative estimate of drug-likeness (QED) is 0.615. The molecule has 0 heterocycles. The van der Waals surface area contributed by atoms with Gasteiger partial charge in [0.25, 0.3) is 0 Å². The maximum Gasteiger partial charge on any atom is 0.0132 e. The second kappa shape index (κ2) is 4.83. The third-order valence-electron chi connectivity index (χ3n) is 6.03. The molecule has 0 amide bonds. The molecular weight excluding hydrogens is 218 g/mol. The molecule has 0 aromatic heterocycles. The monoisotopic (exact) mass is 247 g/mol. The minimum atomic E-state index is 0.384. The molecule has 0 spiro atoms. The first-order valence-corrected chi connectivity index (χ1v) is 7.57. The van der Waals surface area contributed by atoms with Gasteiger partial charge >= 0.3 is 0 Å². The van der Waals surface area contributed by atoms with E-state index in [4.69, 9.17) is 5.41 Å². The lowest BCUT2D eigenvalue weighted by atomic mass is 9.52. The Morgan fingerprint density at radius 2 is 1.89 bits per heavy atom.